The summed E-state index contributed by atoms with van der Waals surface area (Å²) in [7, 11) is 0. The van der Waals surface area contributed by atoms with Crippen molar-refractivity contribution in [3.8, 4) is 0 Å². The fourth-order valence-corrected chi connectivity index (χ4v) is 4.74. The molecule has 0 saturated heterocycles. The maximum Gasteiger partial charge on any atom is 0.0251 e. The topological polar surface area (TPSA) is 26.0 Å². The van der Waals surface area contributed by atoms with Crippen molar-refractivity contribution in [1.29, 1.82) is 0 Å². The molecule has 1 nitrogen and oxygen atoms in total. The van der Waals surface area contributed by atoms with Crippen LogP contribution < -0.4 is 5.73 Å². The zero-order valence-electron chi connectivity index (χ0n) is 6.79. The van der Waals surface area contributed by atoms with Gasteiger partial charge >= 0.3 is 0 Å². The summed E-state index contributed by atoms with van der Waals surface area (Å²) in [5.74, 6) is 5.16. The molecular weight excluding hydrogens is 134 g/mol. The van der Waals surface area contributed by atoms with Crippen molar-refractivity contribution < 1.29 is 0 Å². The third-order valence-corrected chi connectivity index (χ3v) is 5.44. The van der Waals surface area contributed by atoms with E-state index in [2.05, 4.69) is 0 Å². The highest BCUT2D eigenvalue weighted by molar-refractivity contribution is 5.31. The van der Waals surface area contributed by atoms with Crippen molar-refractivity contribution in [1.82, 2.24) is 0 Å². The van der Waals surface area contributed by atoms with Gasteiger partial charge in [0, 0.05) is 5.54 Å². The highest BCUT2D eigenvalue weighted by Crippen LogP contribution is 2.77. The highest BCUT2D eigenvalue weighted by Gasteiger charge is 2.78. The van der Waals surface area contributed by atoms with Crippen LogP contribution in [0.1, 0.15) is 25.7 Å². The average molecular weight is 149 g/mol. The molecule has 0 heterocycles. The van der Waals surface area contributed by atoms with Gasteiger partial charge in [0.25, 0.3) is 0 Å². The lowest BCUT2D eigenvalue weighted by molar-refractivity contribution is -0.302. The van der Waals surface area contributed by atoms with E-state index >= 15 is 0 Å². The van der Waals surface area contributed by atoms with Gasteiger partial charge in [-0.2, -0.15) is 0 Å². The van der Waals surface area contributed by atoms with Crippen LogP contribution in [0.4, 0.5) is 0 Å². The van der Waals surface area contributed by atoms with Crippen LogP contribution in [0.5, 0.6) is 0 Å². The maximum absolute atomic E-state index is 6.42. The highest BCUT2D eigenvalue weighted by atomic mass is 15.0. The number of rotatable bonds is 0. The summed E-state index contributed by atoms with van der Waals surface area (Å²) >= 11 is 0. The van der Waals surface area contributed by atoms with Gasteiger partial charge in [0.2, 0.25) is 0 Å². The first kappa shape index (κ1) is 5.58. The van der Waals surface area contributed by atoms with E-state index < -0.39 is 0 Å². The molecule has 0 aliphatic heterocycles. The predicted octanol–water partition coefficient (Wildman–Crippen LogP) is 1.38. The van der Waals surface area contributed by atoms with Crippen LogP contribution in [-0.4, -0.2) is 5.54 Å². The van der Waals surface area contributed by atoms with E-state index in [1.165, 1.54) is 25.7 Å². The molecule has 4 aliphatic carbocycles. The molecule has 4 aliphatic rings. The minimum atomic E-state index is 0.395. The van der Waals surface area contributed by atoms with Crippen LogP contribution >= 0.6 is 0 Å². The molecule has 4 atom stereocenters. The van der Waals surface area contributed by atoms with Gasteiger partial charge in [-0.3, -0.25) is 0 Å². The Labute approximate surface area is 67.3 Å². The Morgan fingerprint density at radius 2 is 1.45 bits per heavy atom. The molecular formula is C10H15N. The fourth-order valence-electron chi connectivity index (χ4n) is 4.74. The lowest BCUT2D eigenvalue weighted by Gasteiger charge is -2.82. The van der Waals surface area contributed by atoms with E-state index in [0.717, 1.165) is 29.6 Å². The van der Waals surface area contributed by atoms with Crippen molar-refractivity contribution in [2.75, 3.05) is 0 Å². The van der Waals surface area contributed by atoms with E-state index in [4.69, 9.17) is 5.73 Å². The van der Waals surface area contributed by atoms with Crippen molar-refractivity contribution >= 4 is 0 Å². The lowest BCUT2D eigenvalue weighted by Crippen LogP contribution is -2.87. The van der Waals surface area contributed by atoms with Crippen LogP contribution in [0, 0.1) is 29.6 Å². The molecule has 4 saturated carbocycles. The number of fused-ring (bicyclic) bond motifs is 7. The molecule has 0 aromatic heterocycles. The molecule has 4 rings (SSSR count). The van der Waals surface area contributed by atoms with E-state index in [9.17, 15) is 0 Å². The van der Waals surface area contributed by atoms with Gasteiger partial charge in [0.05, 0.1) is 0 Å². The molecule has 4 fully saturated rings. The summed E-state index contributed by atoms with van der Waals surface area (Å²) in [6.07, 6.45) is 5.94. The Kier molecular flexibility index (Phi) is 0.651. The van der Waals surface area contributed by atoms with E-state index in [-0.39, 0.29) is 0 Å². The molecule has 0 spiro atoms. The summed E-state index contributed by atoms with van der Waals surface area (Å²) in [5.41, 5.74) is 6.82. The Bertz CT molecular complexity index is 215. The van der Waals surface area contributed by atoms with Gasteiger partial charge in [0.1, 0.15) is 0 Å². The van der Waals surface area contributed by atoms with Crippen molar-refractivity contribution in [2.24, 2.45) is 35.3 Å². The predicted molar refractivity (Wildman–Crippen MR) is 42.8 cm³/mol. The summed E-state index contributed by atoms with van der Waals surface area (Å²) in [6, 6.07) is 0. The summed E-state index contributed by atoms with van der Waals surface area (Å²) < 4.78 is 0. The van der Waals surface area contributed by atoms with E-state index in [1.54, 1.807) is 0 Å². The van der Waals surface area contributed by atoms with Gasteiger partial charge < -0.3 is 5.73 Å². The van der Waals surface area contributed by atoms with Crippen LogP contribution in [0.25, 0.3) is 0 Å². The Balaban J connectivity index is 1.75. The molecule has 4 unspecified atom stereocenters. The van der Waals surface area contributed by atoms with Gasteiger partial charge in [0.15, 0.2) is 0 Å². The largest absolute Gasteiger partial charge is 0.324 e. The molecule has 2 N–H and O–H groups in total. The molecule has 11 heavy (non-hydrogen) atoms. The minimum absolute atomic E-state index is 0.395. The van der Waals surface area contributed by atoms with Crippen molar-refractivity contribution in [3.05, 3.63) is 0 Å². The molecule has 0 aromatic rings. The third kappa shape index (κ3) is 0.327. The standard InChI is InChI=1S/C10H15N/c11-10-7-3-1-5(7)9(10)6-2-4-8(6)10/h5-9H,1-4,11H2. The normalized spacial score (nSPS) is 75.5. The van der Waals surface area contributed by atoms with Crippen LogP contribution in [0.3, 0.4) is 0 Å². The molecule has 0 amide bonds. The molecule has 0 bridgehead atoms. The molecule has 1 heteroatoms. The Morgan fingerprint density at radius 1 is 0.909 bits per heavy atom. The summed E-state index contributed by atoms with van der Waals surface area (Å²) in [4.78, 5) is 0. The van der Waals surface area contributed by atoms with Crippen LogP contribution in [-0.2, 0) is 0 Å². The first-order valence-corrected chi connectivity index (χ1v) is 5.12. The number of nitrogens with two attached hydrogens (primary N) is 1. The molecule has 0 aromatic carbocycles. The SMILES string of the molecule is NC12C3CCC3C1C1CCC12. The smallest absolute Gasteiger partial charge is 0.0251 e. The Hall–Kier alpha value is -0.0400. The maximum atomic E-state index is 6.42. The first-order chi connectivity index (χ1) is 5.33. The van der Waals surface area contributed by atoms with Crippen molar-refractivity contribution in [3.63, 3.8) is 0 Å². The summed E-state index contributed by atoms with van der Waals surface area (Å²) in [6.45, 7) is 0. The van der Waals surface area contributed by atoms with Gasteiger partial charge in [-0.1, -0.05) is 0 Å². The third-order valence-electron chi connectivity index (χ3n) is 5.44. The quantitative estimate of drug-likeness (QED) is 0.553. The zero-order chi connectivity index (χ0) is 7.22. The fraction of sp³-hybridized carbons (Fsp3) is 1.00. The van der Waals surface area contributed by atoms with E-state index in [1.807, 2.05) is 0 Å². The average Bonchev–Trinajstić information content (AvgIpc) is 1.81. The van der Waals surface area contributed by atoms with Gasteiger partial charge in [-0.05, 0) is 55.3 Å². The Morgan fingerprint density at radius 3 is 1.73 bits per heavy atom. The second-order valence-electron chi connectivity index (χ2n) is 5.22. The second-order valence-corrected chi connectivity index (χ2v) is 5.22. The van der Waals surface area contributed by atoms with Crippen LogP contribution in [0.2, 0.25) is 0 Å². The van der Waals surface area contributed by atoms with Crippen molar-refractivity contribution in [2.45, 2.75) is 31.2 Å². The number of hydrogen-bond acceptors (Lipinski definition) is 1. The van der Waals surface area contributed by atoms with Crippen LogP contribution in [0.15, 0.2) is 0 Å². The zero-order valence-corrected chi connectivity index (χ0v) is 6.79. The summed E-state index contributed by atoms with van der Waals surface area (Å²) in [5, 5.41) is 0. The first-order valence-electron chi connectivity index (χ1n) is 5.12. The monoisotopic (exact) mass is 149 g/mol. The van der Waals surface area contributed by atoms with Gasteiger partial charge in [-0.25, -0.2) is 0 Å². The van der Waals surface area contributed by atoms with E-state index in [0.29, 0.717) is 5.54 Å². The lowest BCUT2D eigenvalue weighted by atomic mass is 9.24. The van der Waals surface area contributed by atoms with Gasteiger partial charge in [-0.15, -0.1) is 0 Å². The molecule has 60 valence electrons. The minimum Gasteiger partial charge on any atom is -0.324 e. The second kappa shape index (κ2) is 1.28. The number of hydrogen-bond donors (Lipinski definition) is 1. The molecule has 0 radical (unpaired) electrons.